The standard InChI is InChI=1S/C7H12O4.2Na/c1-2-5(7(10)11)3-4-6(8)9;;/h5H,2-4H2,1H3,(H,8,9)(H,10,11);;/q;2*+1/p-2/t5-;;/m1../s1. The van der Waals surface area contributed by atoms with Gasteiger partial charge in [0.25, 0.3) is 0 Å². The van der Waals surface area contributed by atoms with E-state index < -0.39 is 17.9 Å². The second-order valence-corrected chi connectivity index (χ2v) is 2.33. The number of carbonyl (C=O) groups is 2. The van der Waals surface area contributed by atoms with Gasteiger partial charge in [0.15, 0.2) is 0 Å². The Morgan fingerprint density at radius 3 is 1.92 bits per heavy atom. The maximum absolute atomic E-state index is 10.2. The van der Waals surface area contributed by atoms with Crippen LogP contribution < -0.4 is 69.3 Å². The zero-order valence-corrected chi connectivity index (χ0v) is 12.3. The van der Waals surface area contributed by atoms with Gasteiger partial charge in [0.2, 0.25) is 0 Å². The molecule has 0 aromatic heterocycles. The Labute approximate surface area is 122 Å². The number of rotatable bonds is 5. The summed E-state index contributed by atoms with van der Waals surface area (Å²) in [7, 11) is 0. The SMILES string of the molecule is CC[C@H](CCC(=O)[O-])C(=O)[O-].[Na+].[Na+]. The Balaban J connectivity index is -0.000000500. The molecular weight excluding hydrogens is 194 g/mol. The molecule has 6 heteroatoms. The van der Waals surface area contributed by atoms with E-state index in [1.165, 1.54) is 0 Å². The van der Waals surface area contributed by atoms with E-state index in [9.17, 15) is 19.8 Å². The third-order valence-electron chi connectivity index (χ3n) is 1.52. The molecule has 0 aliphatic heterocycles. The summed E-state index contributed by atoms with van der Waals surface area (Å²) in [6.07, 6.45) is 0.281. The van der Waals surface area contributed by atoms with Crippen molar-refractivity contribution in [2.24, 2.45) is 5.92 Å². The smallest absolute Gasteiger partial charge is 0.550 e. The second-order valence-electron chi connectivity index (χ2n) is 2.33. The predicted molar refractivity (Wildman–Crippen MR) is 33.0 cm³/mol. The van der Waals surface area contributed by atoms with Gasteiger partial charge < -0.3 is 19.8 Å². The van der Waals surface area contributed by atoms with Crippen LogP contribution in [-0.2, 0) is 9.59 Å². The third kappa shape index (κ3) is 10.9. The molecule has 0 aliphatic rings. The molecule has 0 N–H and O–H groups in total. The molecule has 0 radical (unpaired) electrons. The van der Waals surface area contributed by atoms with Crippen LogP contribution in [0.1, 0.15) is 26.2 Å². The number of carbonyl (C=O) groups excluding carboxylic acids is 2. The zero-order chi connectivity index (χ0) is 8.85. The summed E-state index contributed by atoms with van der Waals surface area (Å²) >= 11 is 0. The maximum atomic E-state index is 10.2. The molecule has 0 aromatic rings. The fraction of sp³-hybridized carbons (Fsp3) is 0.714. The van der Waals surface area contributed by atoms with Gasteiger partial charge in [0.05, 0.1) is 0 Å². The summed E-state index contributed by atoms with van der Waals surface area (Å²) in [5.74, 6) is -3.06. The largest absolute Gasteiger partial charge is 1.00 e. The summed E-state index contributed by atoms with van der Waals surface area (Å²) in [6.45, 7) is 1.68. The first kappa shape index (κ1) is 19.5. The van der Waals surface area contributed by atoms with Crippen LogP contribution in [-0.4, -0.2) is 11.9 Å². The topological polar surface area (TPSA) is 80.3 Å². The van der Waals surface area contributed by atoms with Crippen LogP contribution in [0.4, 0.5) is 0 Å². The Morgan fingerprint density at radius 2 is 1.69 bits per heavy atom. The molecule has 0 heterocycles. The molecule has 0 saturated heterocycles. The number of hydrogen-bond acceptors (Lipinski definition) is 4. The van der Waals surface area contributed by atoms with Crippen LogP contribution in [0.15, 0.2) is 0 Å². The molecule has 0 spiro atoms. The molecule has 0 aliphatic carbocycles. The van der Waals surface area contributed by atoms with E-state index in [1.54, 1.807) is 6.92 Å². The van der Waals surface area contributed by atoms with Crippen molar-refractivity contribution < 1.29 is 78.9 Å². The first-order valence-electron chi connectivity index (χ1n) is 3.48. The van der Waals surface area contributed by atoms with E-state index in [2.05, 4.69) is 0 Å². The third-order valence-corrected chi connectivity index (χ3v) is 1.52. The molecule has 13 heavy (non-hydrogen) atoms. The second kappa shape index (κ2) is 11.0. The first-order valence-corrected chi connectivity index (χ1v) is 3.48. The molecule has 0 saturated carbocycles. The van der Waals surface area contributed by atoms with E-state index in [0.717, 1.165) is 0 Å². The van der Waals surface area contributed by atoms with Crippen molar-refractivity contribution in [3.05, 3.63) is 0 Å². The normalized spacial score (nSPS) is 10.5. The van der Waals surface area contributed by atoms with Crippen LogP contribution in [0.5, 0.6) is 0 Å². The van der Waals surface area contributed by atoms with E-state index in [0.29, 0.717) is 6.42 Å². The summed E-state index contributed by atoms with van der Waals surface area (Å²) in [6, 6.07) is 0. The van der Waals surface area contributed by atoms with Crippen molar-refractivity contribution in [3.8, 4) is 0 Å². The molecule has 0 unspecified atom stereocenters. The fourth-order valence-electron chi connectivity index (χ4n) is 0.781. The molecule has 64 valence electrons. The van der Waals surface area contributed by atoms with Crippen molar-refractivity contribution in [1.29, 1.82) is 0 Å². The average molecular weight is 204 g/mol. The van der Waals surface area contributed by atoms with Gasteiger partial charge in [-0.1, -0.05) is 6.92 Å². The summed E-state index contributed by atoms with van der Waals surface area (Å²) in [5.41, 5.74) is 0. The summed E-state index contributed by atoms with van der Waals surface area (Å²) in [5, 5.41) is 20.1. The Morgan fingerprint density at radius 1 is 1.23 bits per heavy atom. The molecule has 0 bridgehead atoms. The van der Waals surface area contributed by atoms with Gasteiger partial charge in [0, 0.05) is 11.9 Å². The number of hydrogen-bond donors (Lipinski definition) is 0. The van der Waals surface area contributed by atoms with Crippen LogP contribution in [0.2, 0.25) is 0 Å². The zero-order valence-electron chi connectivity index (χ0n) is 8.33. The van der Waals surface area contributed by atoms with Crippen molar-refractivity contribution >= 4 is 11.9 Å². The Bertz CT molecular complexity index is 161. The van der Waals surface area contributed by atoms with Crippen LogP contribution >= 0.6 is 0 Å². The minimum absolute atomic E-state index is 0. The van der Waals surface area contributed by atoms with E-state index in [-0.39, 0.29) is 72.0 Å². The molecule has 0 amide bonds. The van der Waals surface area contributed by atoms with Crippen molar-refractivity contribution in [2.45, 2.75) is 26.2 Å². The molecule has 0 rings (SSSR count). The summed E-state index contributed by atoms with van der Waals surface area (Å²) in [4.78, 5) is 20.1. The first-order chi connectivity index (χ1) is 5.07. The van der Waals surface area contributed by atoms with Gasteiger partial charge in [-0.05, 0) is 25.2 Å². The van der Waals surface area contributed by atoms with Crippen LogP contribution in [0.25, 0.3) is 0 Å². The van der Waals surface area contributed by atoms with Crippen LogP contribution in [0, 0.1) is 5.92 Å². The van der Waals surface area contributed by atoms with Gasteiger partial charge in [-0.3, -0.25) is 0 Å². The van der Waals surface area contributed by atoms with Crippen molar-refractivity contribution in [2.75, 3.05) is 0 Å². The average Bonchev–Trinajstić information content (AvgIpc) is 1.87. The Kier molecular flexibility index (Phi) is 16.5. The van der Waals surface area contributed by atoms with Crippen molar-refractivity contribution in [3.63, 3.8) is 0 Å². The van der Waals surface area contributed by atoms with Gasteiger partial charge >= 0.3 is 59.1 Å². The minimum Gasteiger partial charge on any atom is -0.550 e. The quantitative estimate of drug-likeness (QED) is 0.416. The molecule has 0 aromatic carbocycles. The number of aliphatic carboxylic acids is 2. The fourth-order valence-corrected chi connectivity index (χ4v) is 0.781. The van der Waals surface area contributed by atoms with Crippen molar-refractivity contribution in [1.82, 2.24) is 0 Å². The molecular formula is C7H10Na2O4. The van der Waals surface area contributed by atoms with E-state index >= 15 is 0 Å². The maximum Gasteiger partial charge on any atom is 1.00 e. The minimum atomic E-state index is -1.22. The van der Waals surface area contributed by atoms with Gasteiger partial charge in [-0.2, -0.15) is 0 Å². The predicted octanol–water partition coefficient (Wildman–Crippen LogP) is -7.70. The number of carboxylic acid groups (broad SMARTS) is 2. The van der Waals surface area contributed by atoms with Gasteiger partial charge in [-0.15, -0.1) is 0 Å². The summed E-state index contributed by atoms with van der Waals surface area (Å²) < 4.78 is 0. The van der Waals surface area contributed by atoms with Crippen LogP contribution in [0.3, 0.4) is 0 Å². The molecule has 4 nitrogen and oxygen atoms in total. The molecule has 0 fully saturated rings. The monoisotopic (exact) mass is 204 g/mol. The molecule has 1 atom stereocenters. The Hall–Kier alpha value is 0.940. The van der Waals surface area contributed by atoms with Gasteiger partial charge in [0.1, 0.15) is 0 Å². The van der Waals surface area contributed by atoms with Gasteiger partial charge in [-0.25, -0.2) is 0 Å². The van der Waals surface area contributed by atoms with E-state index in [1.807, 2.05) is 0 Å². The van der Waals surface area contributed by atoms with E-state index in [4.69, 9.17) is 0 Å². The number of carboxylic acids is 2.